The van der Waals surface area contributed by atoms with Gasteiger partial charge in [0.25, 0.3) is 0 Å². The van der Waals surface area contributed by atoms with Crippen LogP contribution in [0.1, 0.15) is 12.5 Å². The number of hydrogen-bond acceptors (Lipinski definition) is 3. The summed E-state index contributed by atoms with van der Waals surface area (Å²) in [4.78, 5) is 0. The van der Waals surface area contributed by atoms with Crippen molar-refractivity contribution in [3.8, 4) is 28.3 Å². The van der Waals surface area contributed by atoms with E-state index in [4.69, 9.17) is 4.52 Å². The minimum atomic E-state index is -0.376. The van der Waals surface area contributed by atoms with Crippen molar-refractivity contribution in [1.29, 1.82) is 0 Å². The molecular formula is C20H15F2N3O. The van der Waals surface area contributed by atoms with Gasteiger partial charge in [-0.1, -0.05) is 36.3 Å². The number of aryl methyl sites for hydroxylation is 1. The molecule has 4 nitrogen and oxygen atoms in total. The van der Waals surface area contributed by atoms with Gasteiger partial charge in [-0.05, 0) is 30.2 Å². The first kappa shape index (κ1) is 16.2. The van der Waals surface area contributed by atoms with E-state index in [9.17, 15) is 8.78 Å². The normalized spacial score (nSPS) is 11.0. The maximum atomic E-state index is 14.3. The second-order valence-corrected chi connectivity index (χ2v) is 5.83. The smallest absolute Gasteiger partial charge is 0.170 e. The molecule has 2 aromatic heterocycles. The first-order valence-corrected chi connectivity index (χ1v) is 8.22. The summed E-state index contributed by atoms with van der Waals surface area (Å²) < 4.78 is 35.0. The molecule has 6 heteroatoms. The van der Waals surface area contributed by atoms with E-state index in [1.165, 1.54) is 16.8 Å². The third kappa shape index (κ3) is 2.79. The van der Waals surface area contributed by atoms with Crippen molar-refractivity contribution < 1.29 is 13.3 Å². The van der Waals surface area contributed by atoms with E-state index in [1.807, 2.05) is 13.0 Å². The summed E-state index contributed by atoms with van der Waals surface area (Å²) in [5, 5.41) is 8.18. The molecule has 0 amide bonds. The van der Waals surface area contributed by atoms with Crippen molar-refractivity contribution in [2.24, 2.45) is 0 Å². The van der Waals surface area contributed by atoms with Gasteiger partial charge in [0.05, 0.1) is 11.8 Å². The van der Waals surface area contributed by atoms with Crippen LogP contribution in [0.2, 0.25) is 0 Å². The molecule has 26 heavy (non-hydrogen) atoms. The summed E-state index contributed by atoms with van der Waals surface area (Å²) in [5.74, 6) is -0.279. The van der Waals surface area contributed by atoms with Gasteiger partial charge >= 0.3 is 0 Å². The Morgan fingerprint density at radius 1 is 1.04 bits per heavy atom. The molecule has 4 aromatic rings. The van der Waals surface area contributed by atoms with Crippen LogP contribution in [-0.4, -0.2) is 14.9 Å². The lowest BCUT2D eigenvalue weighted by molar-refractivity contribution is 0.434. The summed E-state index contributed by atoms with van der Waals surface area (Å²) in [5.41, 5.74) is 2.68. The predicted molar refractivity (Wildman–Crippen MR) is 93.8 cm³/mol. The molecule has 4 rings (SSSR count). The average molecular weight is 351 g/mol. The number of halogens is 2. The molecule has 0 aliphatic carbocycles. The number of rotatable bonds is 4. The number of aromatic nitrogens is 3. The van der Waals surface area contributed by atoms with E-state index < -0.39 is 0 Å². The van der Waals surface area contributed by atoms with E-state index in [0.717, 1.165) is 5.56 Å². The fraction of sp³-hybridized carbons (Fsp3) is 0.100. The van der Waals surface area contributed by atoms with Gasteiger partial charge in [-0.2, -0.15) is 5.10 Å². The van der Waals surface area contributed by atoms with Crippen molar-refractivity contribution in [3.63, 3.8) is 0 Å². The summed E-state index contributed by atoms with van der Waals surface area (Å²) in [7, 11) is 0. The Bertz CT molecular complexity index is 1070. The molecule has 0 fully saturated rings. The number of para-hydroxylation sites is 1. The molecule has 0 N–H and O–H groups in total. The quantitative estimate of drug-likeness (QED) is 0.518. The van der Waals surface area contributed by atoms with E-state index >= 15 is 0 Å². The summed E-state index contributed by atoms with van der Waals surface area (Å²) in [6, 6.07) is 13.0. The van der Waals surface area contributed by atoms with Crippen LogP contribution in [-0.2, 0) is 6.42 Å². The van der Waals surface area contributed by atoms with Crippen molar-refractivity contribution >= 4 is 0 Å². The SMILES string of the molecule is CCc1cccc(F)c1-c1cc(-c2cnn(-c3ccccc3F)c2)on1. The Morgan fingerprint density at radius 2 is 1.85 bits per heavy atom. The zero-order valence-electron chi connectivity index (χ0n) is 14.0. The predicted octanol–water partition coefficient (Wildman–Crippen LogP) is 5.03. The van der Waals surface area contributed by atoms with Crippen molar-refractivity contribution in [2.75, 3.05) is 0 Å². The van der Waals surface area contributed by atoms with Crippen molar-refractivity contribution in [2.45, 2.75) is 13.3 Å². The molecule has 0 bridgehead atoms. The Hall–Kier alpha value is -3.28. The highest BCUT2D eigenvalue weighted by atomic mass is 19.1. The minimum Gasteiger partial charge on any atom is -0.356 e. The molecule has 0 aliphatic rings. The van der Waals surface area contributed by atoms with E-state index in [2.05, 4.69) is 10.3 Å². The van der Waals surface area contributed by atoms with Gasteiger partial charge in [0, 0.05) is 17.8 Å². The van der Waals surface area contributed by atoms with Gasteiger partial charge in [0.1, 0.15) is 23.0 Å². The molecule has 0 aliphatic heterocycles. The molecular weight excluding hydrogens is 336 g/mol. The van der Waals surface area contributed by atoms with Crippen LogP contribution in [0.15, 0.2) is 65.4 Å². The maximum absolute atomic E-state index is 14.3. The third-order valence-corrected chi connectivity index (χ3v) is 4.21. The van der Waals surface area contributed by atoms with E-state index in [-0.39, 0.29) is 11.6 Å². The van der Waals surface area contributed by atoms with Crippen LogP contribution in [0.5, 0.6) is 0 Å². The van der Waals surface area contributed by atoms with Gasteiger partial charge < -0.3 is 4.52 Å². The van der Waals surface area contributed by atoms with Gasteiger partial charge in [-0.3, -0.25) is 0 Å². The lowest BCUT2D eigenvalue weighted by Crippen LogP contribution is -1.96. The van der Waals surface area contributed by atoms with Gasteiger partial charge in [-0.15, -0.1) is 0 Å². The summed E-state index contributed by atoms with van der Waals surface area (Å²) in [6.45, 7) is 1.96. The van der Waals surface area contributed by atoms with Crippen LogP contribution in [0.3, 0.4) is 0 Å². The highest BCUT2D eigenvalue weighted by Crippen LogP contribution is 2.30. The molecule has 130 valence electrons. The fourth-order valence-corrected chi connectivity index (χ4v) is 2.90. The number of nitrogens with zero attached hydrogens (tertiary/aromatic N) is 3. The Labute approximate surface area is 148 Å². The molecule has 0 atom stereocenters. The minimum absolute atomic E-state index is 0.334. The van der Waals surface area contributed by atoms with Gasteiger partial charge in [0.2, 0.25) is 0 Å². The lowest BCUT2D eigenvalue weighted by atomic mass is 10.0. The van der Waals surface area contributed by atoms with Gasteiger partial charge in [-0.25, -0.2) is 13.5 Å². The van der Waals surface area contributed by atoms with E-state index in [1.54, 1.807) is 42.7 Å². The second kappa shape index (κ2) is 6.55. The molecule has 0 saturated carbocycles. The van der Waals surface area contributed by atoms with Crippen LogP contribution in [0, 0.1) is 11.6 Å². The first-order chi connectivity index (χ1) is 12.7. The van der Waals surface area contributed by atoms with Crippen molar-refractivity contribution in [1.82, 2.24) is 14.9 Å². The Balaban J connectivity index is 1.71. The Kier molecular flexibility index (Phi) is 4.08. The van der Waals surface area contributed by atoms with Crippen molar-refractivity contribution in [3.05, 3.63) is 78.1 Å². The molecule has 0 saturated heterocycles. The highest BCUT2D eigenvalue weighted by molar-refractivity contribution is 5.69. The zero-order valence-corrected chi connectivity index (χ0v) is 14.0. The standard InChI is InChI=1S/C20H15F2N3O/c1-2-13-6-5-8-16(22)20(13)17-10-19(26-24-17)14-11-23-25(12-14)18-9-4-3-7-15(18)21/h3-12H,2H2,1H3. The first-order valence-electron chi connectivity index (χ1n) is 8.22. The summed E-state index contributed by atoms with van der Waals surface area (Å²) in [6.07, 6.45) is 3.88. The zero-order chi connectivity index (χ0) is 18.1. The molecule has 0 spiro atoms. The van der Waals surface area contributed by atoms with Crippen LogP contribution in [0.25, 0.3) is 28.3 Å². The average Bonchev–Trinajstić information content (AvgIpc) is 3.31. The lowest BCUT2D eigenvalue weighted by Gasteiger charge is -2.04. The topological polar surface area (TPSA) is 43.9 Å². The summed E-state index contributed by atoms with van der Waals surface area (Å²) >= 11 is 0. The molecule has 2 aromatic carbocycles. The number of hydrogen-bond donors (Lipinski definition) is 0. The Morgan fingerprint density at radius 3 is 2.65 bits per heavy atom. The highest BCUT2D eigenvalue weighted by Gasteiger charge is 2.16. The van der Waals surface area contributed by atoms with Crippen LogP contribution < -0.4 is 0 Å². The maximum Gasteiger partial charge on any atom is 0.170 e. The number of benzene rings is 2. The van der Waals surface area contributed by atoms with E-state index in [0.29, 0.717) is 34.7 Å². The van der Waals surface area contributed by atoms with Gasteiger partial charge in [0.15, 0.2) is 5.76 Å². The third-order valence-electron chi connectivity index (χ3n) is 4.21. The fourth-order valence-electron chi connectivity index (χ4n) is 2.90. The monoisotopic (exact) mass is 351 g/mol. The van der Waals surface area contributed by atoms with Crippen LogP contribution in [0.4, 0.5) is 8.78 Å². The largest absolute Gasteiger partial charge is 0.356 e. The molecule has 2 heterocycles. The van der Waals surface area contributed by atoms with Crippen LogP contribution >= 0.6 is 0 Å². The molecule has 0 radical (unpaired) electrons. The molecule has 0 unspecified atom stereocenters. The second-order valence-electron chi connectivity index (χ2n) is 5.83.